The van der Waals surface area contributed by atoms with Gasteiger partial charge in [-0.25, -0.2) is 14.6 Å². The Morgan fingerprint density at radius 1 is 1.39 bits per heavy atom. The van der Waals surface area contributed by atoms with E-state index < -0.39 is 29.2 Å². The molecule has 1 unspecified atom stereocenters. The molecule has 1 fully saturated rings. The summed E-state index contributed by atoms with van der Waals surface area (Å²) in [7, 11) is 1.25. The molecule has 0 radical (unpaired) electrons. The van der Waals surface area contributed by atoms with Crippen molar-refractivity contribution in [2.75, 3.05) is 12.4 Å². The Morgan fingerprint density at radius 2 is 2.00 bits per heavy atom. The van der Waals surface area contributed by atoms with Gasteiger partial charge in [0.15, 0.2) is 11.2 Å². The van der Waals surface area contributed by atoms with Gasteiger partial charge in [-0.05, 0) is 40.5 Å². The Hall–Kier alpha value is -1.67. The van der Waals surface area contributed by atoms with Gasteiger partial charge in [0.1, 0.15) is 5.60 Å². The molecule has 7 nitrogen and oxygen atoms in total. The normalized spacial score (nSPS) is 17.3. The van der Waals surface area contributed by atoms with Crippen molar-refractivity contribution in [3.05, 3.63) is 10.6 Å². The molecule has 1 aliphatic rings. The van der Waals surface area contributed by atoms with E-state index in [4.69, 9.17) is 4.74 Å². The van der Waals surface area contributed by atoms with Gasteiger partial charge in [0, 0.05) is 10.3 Å². The lowest BCUT2D eigenvalue weighted by molar-refractivity contribution is -0.152. The Morgan fingerprint density at radius 3 is 2.48 bits per heavy atom. The highest BCUT2D eigenvalue weighted by atomic mass is 32.1. The SMILES string of the molecule is COC(=O)C(O)C1(c2sc(NC(=O)OC(C)(C)C)nc2C)CC1. The maximum absolute atomic E-state index is 11.8. The van der Waals surface area contributed by atoms with Gasteiger partial charge in [0.25, 0.3) is 0 Å². The molecule has 2 N–H and O–H groups in total. The average molecular weight is 342 g/mol. The summed E-state index contributed by atoms with van der Waals surface area (Å²) in [5, 5.41) is 13.2. The van der Waals surface area contributed by atoms with Crippen molar-refractivity contribution < 1.29 is 24.2 Å². The number of esters is 1. The Bertz CT molecular complexity index is 616. The van der Waals surface area contributed by atoms with Crippen LogP contribution in [0.1, 0.15) is 44.2 Å². The number of methoxy groups -OCH3 is 1. The van der Waals surface area contributed by atoms with Crippen molar-refractivity contribution in [1.82, 2.24) is 4.98 Å². The number of ether oxygens (including phenoxy) is 2. The van der Waals surface area contributed by atoms with Gasteiger partial charge in [0.05, 0.1) is 12.8 Å². The Kier molecular flexibility index (Phi) is 4.68. The predicted molar refractivity (Wildman–Crippen MR) is 85.6 cm³/mol. The summed E-state index contributed by atoms with van der Waals surface area (Å²) in [5.41, 5.74) is -0.567. The van der Waals surface area contributed by atoms with E-state index in [0.717, 1.165) is 4.88 Å². The van der Waals surface area contributed by atoms with Crippen LogP contribution in [0.15, 0.2) is 0 Å². The molecule has 0 aliphatic heterocycles. The van der Waals surface area contributed by atoms with E-state index in [-0.39, 0.29) is 0 Å². The summed E-state index contributed by atoms with van der Waals surface area (Å²) in [4.78, 5) is 28.5. The van der Waals surface area contributed by atoms with E-state index in [2.05, 4.69) is 15.0 Å². The van der Waals surface area contributed by atoms with Crippen molar-refractivity contribution in [2.45, 2.75) is 57.7 Å². The number of anilines is 1. The second kappa shape index (κ2) is 6.09. The molecule has 0 bridgehead atoms. The molecule has 0 aromatic carbocycles. The highest BCUT2D eigenvalue weighted by Crippen LogP contribution is 2.54. The van der Waals surface area contributed by atoms with Crippen molar-refractivity contribution in [3.8, 4) is 0 Å². The van der Waals surface area contributed by atoms with Gasteiger partial charge >= 0.3 is 12.1 Å². The van der Waals surface area contributed by atoms with Crippen molar-refractivity contribution in [1.29, 1.82) is 0 Å². The number of aliphatic hydroxyl groups excluding tert-OH is 1. The fourth-order valence-corrected chi connectivity index (χ4v) is 3.62. The molecule has 0 spiro atoms. The van der Waals surface area contributed by atoms with Crippen LogP contribution in [0, 0.1) is 6.92 Å². The molecular weight excluding hydrogens is 320 g/mol. The fraction of sp³-hybridized carbons (Fsp3) is 0.667. The number of amides is 1. The molecule has 1 atom stereocenters. The van der Waals surface area contributed by atoms with Crippen molar-refractivity contribution >= 4 is 28.5 Å². The number of aliphatic hydroxyl groups is 1. The van der Waals surface area contributed by atoms with Gasteiger partial charge in [-0.15, -0.1) is 11.3 Å². The Balaban J connectivity index is 2.16. The predicted octanol–water partition coefficient (Wildman–Crippen LogP) is 2.36. The zero-order valence-corrected chi connectivity index (χ0v) is 14.7. The van der Waals surface area contributed by atoms with E-state index in [1.54, 1.807) is 27.7 Å². The molecular formula is C15H22N2O5S. The summed E-state index contributed by atoms with van der Waals surface area (Å²) in [5.74, 6) is -0.656. The van der Waals surface area contributed by atoms with Crippen LogP contribution in [-0.2, 0) is 19.7 Å². The highest BCUT2D eigenvalue weighted by Gasteiger charge is 2.56. The number of nitrogens with zero attached hydrogens (tertiary/aromatic N) is 1. The molecule has 1 amide bonds. The molecule has 0 saturated heterocycles. The molecule has 128 valence electrons. The van der Waals surface area contributed by atoms with Crippen LogP contribution < -0.4 is 5.32 Å². The van der Waals surface area contributed by atoms with E-state index in [0.29, 0.717) is 23.7 Å². The number of thiazole rings is 1. The number of nitrogens with one attached hydrogen (secondary N) is 1. The quantitative estimate of drug-likeness (QED) is 0.815. The number of aryl methyl sites for hydroxylation is 1. The maximum atomic E-state index is 11.8. The molecule has 1 saturated carbocycles. The van der Waals surface area contributed by atoms with Crippen LogP contribution in [0.3, 0.4) is 0 Å². The van der Waals surface area contributed by atoms with Gasteiger partial charge < -0.3 is 14.6 Å². The third-order valence-electron chi connectivity index (χ3n) is 3.59. The molecule has 8 heteroatoms. The highest BCUT2D eigenvalue weighted by molar-refractivity contribution is 7.16. The summed E-state index contributed by atoms with van der Waals surface area (Å²) in [6.07, 6.45) is -0.451. The number of aromatic nitrogens is 1. The lowest BCUT2D eigenvalue weighted by atomic mass is 9.96. The third-order valence-corrected chi connectivity index (χ3v) is 4.89. The molecule has 23 heavy (non-hydrogen) atoms. The molecule has 1 aromatic heterocycles. The van der Waals surface area contributed by atoms with Gasteiger partial charge in [0.2, 0.25) is 0 Å². The van der Waals surface area contributed by atoms with Crippen LogP contribution in [0.5, 0.6) is 0 Å². The summed E-state index contributed by atoms with van der Waals surface area (Å²) in [6, 6.07) is 0. The lowest BCUT2D eigenvalue weighted by Crippen LogP contribution is -2.34. The first-order valence-corrected chi connectivity index (χ1v) is 8.14. The minimum Gasteiger partial charge on any atom is -0.467 e. The summed E-state index contributed by atoms with van der Waals surface area (Å²) in [6.45, 7) is 7.11. The third kappa shape index (κ3) is 3.81. The van der Waals surface area contributed by atoms with E-state index in [1.165, 1.54) is 18.4 Å². The van der Waals surface area contributed by atoms with E-state index in [9.17, 15) is 14.7 Å². The van der Waals surface area contributed by atoms with Crippen LogP contribution in [0.4, 0.5) is 9.93 Å². The second-order valence-electron chi connectivity index (χ2n) is 6.64. The first-order chi connectivity index (χ1) is 10.6. The molecule has 2 rings (SSSR count). The largest absolute Gasteiger partial charge is 0.467 e. The monoisotopic (exact) mass is 342 g/mol. The maximum Gasteiger partial charge on any atom is 0.413 e. The molecule has 1 aromatic rings. The zero-order valence-electron chi connectivity index (χ0n) is 13.9. The second-order valence-corrected chi connectivity index (χ2v) is 7.64. The standard InChI is InChI=1S/C15H22N2O5S/c1-8-10(15(6-7-15)9(18)11(19)21-5)23-12(16-8)17-13(20)22-14(2,3)4/h9,18H,6-7H2,1-5H3,(H,16,17,20). The molecule has 1 heterocycles. The van der Waals surface area contributed by atoms with Gasteiger partial charge in [-0.2, -0.15) is 0 Å². The minimum absolute atomic E-state index is 0.384. The molecule has 1 aliphatic carbocycles. The van der Waals surface area contributed by atoms with E-state index in [1.807, 2.05) is 0 Å². The first kappa shape index (κ1) is 17.7. The van der Waals surface area contributed by atoms with Crippen LogP contribution in [0.25, 0.3) is 0 Å². The van der Waals surface area contributed by atoms with Crippen LogP contribution in [-0.4, -0.2) is 41.0 Å². The number of rotatable bonds is 4. The van der Waals surface area contributed by atoms with Crippen molar-refractivity contribution in [2.24, 2.45) is 0 Å². The summed E-state index contributed by atoms with van der Waals surface area (Å²) >= 11 is 1.25. The van der Waals surface area contributed by atoms with Gasteiger partial charge in [-0.3, -0.25) is 5.32 Å². The Labute approximate surface area is 139 Å². The van der Waals surface area contributed by atoms with Crippen molar-refractivity contribution in [3.63, 3.8) is 0 Å². The number of hydrogen-bond acceptors (Lipinski definition) is 7. The average Bonchev–Trinajstić information content (AvgIpc) is 3.14. The number of carbonyl (C=O) groups excluding carboxylic acids is 2. The first-order valence-electron chi connectivity index (χ1n) is 7.33. The fourth-order valence-electron chi connectivity index (χ4n) is 2.40. The van der Waals surface area contributed by atoms with Crippen LogP contribution in [0.2, 0.25) is 0 Å². The minimum atomic E-state index is -1.22. The van der Waals surface area contributed by atoms with Crippen LogP contribution >= 0.6 is 11.3 Å². The summed E-state index contributed by atoms with van der Waals surface area (Å²) < 4.78 is 9.82. The van der Waals surface area contributed by atoms with E-state index >= 15 is 0 Å². The zero-order chi connectivity index (χ0) is 17.4. The number of hydrogen-bond donors (Lipinski definition) is 2. The smallest absolute Gasteiger partial charge is 0.413 e. The lowest BCUT2D eigenvalue weighted by Gasteiger charge is -2.19. The topological polar surface area (TPSA) is 97.8 Å². The van der Waals surface area contributed by atoms with Gasteiger partial charge in [-0.1, -0.05) is 0 Å². The number of carbonyl (C=O) groups is 2.